The van der Waals surface area contributed by atoms with Gasteiger partial charge in [-0.2, -0.15) is 5.26 Å². The van der Waals surface area contributed by atoms with Gasteiger partial charge in [0, 0.05) is 10.6 Å². The van der Waals surface area contributed by atoms with Crippen LogP contribution in [-0.2, 0) is 0 Å². The van der Waals surface area contributed by atoms with Crippen LogP contribution in [0.2, 0.25) is 5.02 Å². The Kier molecular flexibility index (Phi) is 3.57. The van der Waals surface area contributed by atoms with Crippen molar-refractivity contribution in [2.45, 2.75) is 13.8 Å². The molecule has 0 aliphatic heterocycles. The van der Waals surface area contributed by atoms with Crippen molar-refractivity contribution in [2.24, 2.45) is 0 Å². The monoisotopic (exact) mass is 225 g/mol. The van der Waals surface area contributed by atoms with Crippen molar-refractivity contribution in [3.8, 4) is 6.07 Å². The summed E-state index contributed by atoms with van der Waals surface area (Å²) >= 11 is 11.9. The van der Waals surface area contributed by atoms with Gasteiger partial charge in [0.05, 0.1) is 11.1 Å². The number of nitriles is 1. The van der Waals surface area contributed by atoms with Gasteiger partial charge in [-0.1, -0.05) is 35.3 Å². The second-order valence-corrected chi connectivity index (χ2v) is 3.80. The molecule has 0 radical (unpaired) electrons. The Labute approximate surface area is 93.6 Å². The zero-order chi connectivity index (χ0) is 10.7. The van der Waals surface area contributed by atoms with Crippen molar-refractivity contribution in [3.63, 3.8) is 0 Å². The first-order chi connectivity index (χ1) is 6.56. The van der Waals surface area contributed by atoms with Crippen LogP contribution in [-0.4, -0.2) is 0 Å². The van der Waals surface area contributed by atoms with Crippen molar-refractivity contribution in [2.75, 3.05) is 0 Å². The summed E-state index contributed by atoms with van der Waals surface area (Å²) in [5.41, 5.74) is 2.27. The fourth-order valence-corrected chi connectivity index (χ4v) is 1.34. The van der Waals surface area contributed by atoms with Crippen molar-refractivity contribution in [1.29, 1.82) is 5.26 Å². The second kappa shape index (κ2) is 4.50. The highest BCUT2D eigenvalue weighted by Gasteiger charge is 2.04. The Morgan fingerprint density at radius 1 is 1.43 bits per heavy atom. The summed E-state index contributed by atoms with van der Waals surface area (Å²) in [6.07, 6.45) is 0. The highest BCUT2D eigenvalue weighted by atomic mass is 35.5. The molecule has 0 fully saturated rings. The molecule has 1 aromatic rings. The van der Waals surface area contributed by atoms with Crippen LogP contribution < -0.4 is 0 Å². The molecule has 0 saturated heterocycles. The van der Waals surface area contributed by atoms with Crippen LogP contribution in [0.4, 0.5) is 0 Å². The molecular formula is C11H9Cl2N. The number of halogens is 2. The molecule has 0 heterocycles. The van der Waals surface area contributed by atoms with Gasteiger partial charge in [0.25, 0.3) is 0 Å². The minimum atomic E-state index is 0.453. The quantitative estimate of drug-likeness (QED) is 0.660. The average Bonchev–Trinajstić information content (AvgIpc) is 2.20. The van der Waals surface area contributed by atoms with Gasteiger partial charge < -0.3 is 0 Å². The molecule has 1 rings (SSSR count). The first kappa shape index (κ1) is 11.1. The third-order valence-electron chi connectivity index (χ3n) is 1.92. The summed E-state index contributed by atoms with van der Waals surface area (Å²) in [6, 6.07) is 7.50. The molecule has 0 amide bonds. The number of aryl methyl sites for hydroxylation is 1. The van der Waals surface area contributed by atoms with Crippen LogP contribution >= 0.6 is 23.2 Å². The lowest BCUT2D eigenvalue weighted by Gasteiger charge is -2.03. The summed E-state index contributed by atoms with van der Waals surface area (Å²) in [4.78, 5) is 0. The van der Waals surface area contributed by atoms with E-state index in [-0.39, 0.29) is 0 Å². The van der Waals surface area contributed by atoms with E-state index in [4.69, 9.17) is 28.5 Å². The molecule has 14 heavy (non-hydrogen) atoms. The van der Waals surface area contributed by atoms with Gasteiger partial charge in [0.2, 0.25) is 0 Å². The number of nitrogens with zero attached hydrogens (tertiary/aromatic N) is 1. The highest BCUT2D eigenvalue weighted by Crippen LogP contribution is 2.26. The average molecular weight is 226 g/mol. The van der Waals surface area contributed by atoms with E-state index in [0.29, 0.717) is 15.6 Å². The Bertz CT molecular complexity index is 427. The van der Waals surface area contributed by atoms with Gasteiger partial charge in [0.1, 0.15) is 0 Å². The molecule has 0 unspecified atom stereocenters. The Morgan fingerprint density at radius 3 is 2.57 bits per heavy atom. The molecule has 3 heteroatoms. The summed E-state index contributed by atoms with van der Waals surface area (Å²) in [7, 11) is 0. The first-order valence-corrected chi connectivity index (χ1v) is 4.85. The highest BCUT2D eigenvalue weighted by molar-refractivity contribution is 6.49. The topological polar surface area (TPSA) is 23.8 Å². The summed E-state index contributed by atoms with van der Waals surface area (Å²) in [5, 5.41) is 9.78. The van der Waals surface area contributed by atoms with E-state index in [1.165, 1.54) is 0 Å². The minimum absolute atomic E-state index is 0.453. The predicted octanol–water partition coefficient (Wildman–Crippen LogP) is 4.14. The molecule has 0 spiro atoms. The van der Waals surface area contributed by atoms with Crippen LogP contribution in [0.3, 0.4) is 0 Å². The van der Waals surface area contributed by atoms with E-state index in [2.05, 4.69) is 0 Å². The van der Waals surface area contributed by atoms with Gasteiger partial charge in [-0.05, 0) is 31.0 Å². The van der Waals surface area contributed by atoms with E-state index in [9.17, 15) is 0 Å². The van der Waals surface area contributed by atoms with Crippen molar-refractivity contribution >= 4 is 28.2 Å². The Balaban J connectivity index is 3.24. The minimum Gasteiger partial charge on any atom is -0.193 e. The molecule has 1 aromatic carbocycles. The van der Waals surface area contributed by atoms with E-state index in [1.54, 1.807) is 13.0 Å². The summed E-state index contributed by atoms with van der Waals surface area (Å²) in [5.74, 6) is 0. The Hall–Kier alpha value is -0.970. The number of allylic oxidation sites excluding steroid dienone is 1. The fourth-order valence-electron chi connectivity index (χ4n) is 0.995. The van der Waals surface area contributed by atoms with E-state index < -0.39 is 0 Å². The van der Waals surface area contributed by atoms with E-state index in [1.807, 2.05) is 25.1 Å². The van der Waals surface area contributed by atoms with E-state index >= 15 is 0 Å². The standard InChI is InChI=1S/C11H9Cl2N/c1-7-3-4-9(5-10(7)12)11(13)8(2)6-14/h3-5H,1-2H3. The number of rotatable bonds is 1. The molecule has 72 valence electrons. The largest absolute Gasteiger partial charge is 0.193 e. The lowest BCUT2D eigenvalue weighted by molar-refractivity contribution is 1.43. The van der Waals surface area contributed by atoms with Crippen LogP contribution in [0, 0.1) is 18.3 Å². The second-order valence-electron chi connectivity index (χ2n) is 3.01. The van der Waals surface area contributed by atoms with Gasteiger partial charge in [-0.15, -0.1) is 0 Å². The third kappa shape index (κ3) is 2.29. The van der Waals surface area contributed by atoms with Gasteiger partial charge in [-0.25, -0.2) is 0 Å². The smallest absolute Gasteiger partial charge is 0.0959 e. The lowest BCUT2D eigenvalue weighted by Crippen LogP contribution is -1.83. The molecule has 0 saturated carbocycles. The van der Waals surface area contributed by atoms with Gasteiger partial charge in [-0.3, -0.25) is 0 Å². The lowest BCUT2D eigenvalue weighted by atomic mass is 10.1. The molecular weight excluding hydrogens is 217 g/mol. The predicted molar refractivity (Wildman–Crippen MR) is 60.2 cm³/mol. The molecule has 0 aliphatic rings. The Morgan fingerprint density at radius 2 is 2.07 bits per heavy atom. The zero-order valence-corrected chi connectivity index (χ0v) is 9.45. The molecule has 0 aliphatic carbocycles. The molecule has 0 N–H and O–H groups in total. The zero-order valence-electron chi connectivity index (χ0n) is 7.94. The molecule has 0 aromatic heterocycles. The van der Waals surface area contributed by atoms with Crippen LogP contribution in [0.5, 0.6) is 0 Å². The molecule has 1 nitrogen and oxygen atoms in total. The maximum absolute atomic E-state index is 8.67. The third-order valence-corrected chi connectivity index (χ3v) is 2.83. The van der Waals surface area contributed by atoms with Crippen LogP contribution in [0.15, 0.2) is 23.8 Å². The van der Waals surface area contributed by atoms with E-state index in [0.717, 1.165) is 11.1 Å². The SMILES string of the molecule is CC(C#N)=C(Cl)c1ccc(C)c(Cl)c1. The number of benzene rings is 1. The van der Waals surface area contributed by atoms with Gasteiger partial charge >= 0.3 is 0 Å². The van der Waals surface area contributed by atoms with Crippen LogP contribution in [0.1, 0.15) is 18.1 Å². The van der Waals surface area contributed by atoms with Crippen molar-refractivity contribution in [3.05, 3.63) is 39.9 Å². The van der Waals surface area contributed by atoms with Gasteiger partial charge in [0.15, 0.2) is 0 Å². The van der Waals surface area contributed by atoms with Crippen LogP contribution in [0.25, 0.3) is 5.03 Å². The first-order valence-electron chi connectivity index (χ1n) is 4.09. The summed E-state index contributed by atoms with van der Waals surface area (Å²) in [6.45, 7) is 3.59. The van der Waals surface area contributed by atoms with Crippen molar-refractivity contribution in [1.82, 2.24) is 0 Å². The normalized spacial score (nSPS) is 11.9. The number of hydrogen-bond donors (Lipinski definition) is 0. The molecule has 0 atom stereocenters. The maximum Gasteiger partial charge on any atom is 0.0959 e. The molecule has 0 bridgehead atoms. The maximum atomic E-state index is 8.67. The van der Waals surface area contributed by atoms with Crippen molar-refractivity contribution < 1.29 is 0 Å². The fraction of sp³-hybridized carbons (Fsp3) is 0.182. The number of hydrogen-bond acceptors (Lipinski definition) is 1. The summed E-state index contributed by atoms with van der Waals surface area (Å²) < 4.78 is 0.